The molecule has 0 radical (unpaired) electrons. The third kappa shape index (κ3) is 5.06. The predicted octanol–water partition coefficient (Wildman–Crippen LogP) is 4.44. The van der Waals surface area contributed by atoms with Crippen LogP contribution in [0.3, 0.4) is 0 Å². The molecule has 2 rings (SSSR count). The van der Waals surface area contributed by atoms with Crippen LogP contribution in [0.15, 0.2) is 53.0 Å². The largest absolute Gasteiger partial charge is 0.334 e. The Bertz CT molecular complexity index is 633. The lowest BCUT2D eigenvalue weighted by molar-refractivity contribution is 0.206. The minimum absolute atomic E-state index is 0.116. The molecule has 0 fully saturated rings. The van der Waals surface area contributed by atoms with E-state index in [1.807, 2.05) is 48.5 Å². The number of amides is 2. The summed E-state index contributed by atoms with van der Waals surface area (Å²) < 4.78 is 1.00. The Morgan fingerprint density at radius 3 is 2.62 bits per heavy atom. The molecule has 0 aromatic heterocycles. The molecule has 2 aromatic rings. The number of carbonyl (C=O) groups is 1. The topological polar surface area (TPSA) is 32.3 Å². The van der Waals surface area contributed by atoms with Crippen LogP contribution in [0.2, 0.25) is 5.02 Å². The zero-order chi connectivity index (χ0) is 15.2. The van der Waals surface area contributed by atoms with Gasteiger partial charge in [0.15, 0.2) is 0 Å². The summed E-state index contributed by atoms with van der Waals surface area (Å²) in [7, 11) is 1.76. The average molecular weight is 368 g/mol. The molecule has 2 amide bonds. The highest BCUT2D eigenvalue weighted by atomic mass is 79.9. The number of hydrogen-bond acceptors (Lipinski definition) is 1. The van der Waals surface area contributed by atoms with Gasteiger partial charge in [0.1, 0.15) is 0 Å². The lowest BCUT2D eigenvalue weighted by Gasteiger charge is -2.18. The Kier molecular flexibility index (Phi) is 5.65. The number of carbonyl (C=O) groups excluding carboxylic acids is 1. The Morgan fingerprint density at radius 1 is 1.19 bits per heavy atom. The second kappa shape index (κ2) is 7.48. The number of halogens is 2. The second-order valence-corrected chi connectivity index (χ2v) is 6.13. The quantitative estimate of drug-likeness (QED) is 0.851. The van der Waals surface area contributed by atoms with Gasteiger partial charge in [-0.3, -0.25) is 0 Å². The van der Waals surface area contributed by atoms with Crippen LogP contribution in [0.5, 0.6) is 0 Å². The van der Waals surface area contributed by atoms with Crippen LogP contribution in [-0.2, 0) is 13.1 Å². The molecule has 3 nitrogen and oxygen atoms in total. The van der Waals surface area contributed by atoms with Crippen molar-refractivity contribution in [2.24, 2.45) is 0 Å². The minimum Gasteiger partial charge on any atom is -0.334 e. The summed E-state index contributed by atoms with van der Waals surface area (Å²) in [5.74, 6) is 0. The summed E-state index contributed by atoms with van der Waals surface area (Å²) in [5, 5.41) is 3.57. The van der Waals surface area contributed by atoms with E-state index in [9.17, 15) is 4.79 Å². The van der Waals surface area contributed by atoms with E-state index < -0.39 is 0 Å². The molecule has 0 atom stereocenters. The first-order valence-electron chi connectivity index (χ1n) is 6.52. The number of nitrogens with zero attached hydrogens (tertiary/aromatic N) is 1. The number of urea groups is 1. The van der Waals surface area contributed by atoms with Crippen molar-refractivity contribution in [3.8, 4) is 0 Å². The number of nitrogens with one attached hydrogen (secondary N) is 1. The molecule has 110 valence electrons. The molecule has 5 heteroatoms. The molecule has 0 heterocycles. The van der Waals surface area contributed by atoms with Gasteiger partial charge in [-0.05, 0) is 35.4 Å². The molecule has 0 bridgehead atoms. The predicted molar refractivity (Wildman–Crippen MR) is 89.3 cm³/mol. The van der Waals surface area contributed by atoms with Crippen LogP contribution < -0.4 is 5.32 Å². The van der Waals surface area contributed by atoms with E-state index >= 15 is 0 Å². The Morgan fingerprint density at radius 2 is 1.90 bits per heavy atom. The first-order valence-corrected chi connectivity index (χ1v) is 7.69. The number of hydrogen-bond donors (Lipinski definition) is 1. The van der Waals surface area contributed by atoms with Crippen LogP contribution in [-0.4, -0.2) is 18.0 Å². The summed E-state index contributed by atoms with van der Waals surface area (Å²) in [5.41, 5.74) is 2.05. The molecule has 0 aliphatic carbocycles. The van der Waals surface area contributed by atoms with E-state index in [0.717, 1.165) is 15.6 Å². The molecular formula is C16H16BrClN2O. The summed E-state index contributed by atoms with van der Waals surface area (Å²) in [6.45, 7) is 1.02. The van der Waals surface area contributed by atoms with Gasteiger partial charge in [-0.15, -0.1) is 0 Å². The van der Waals surface area contributed by atoms with Crippen molar-refractivity contribution in [3.05, 3.63) is 69.2 Å². The average Bonchev–Trinajstić information content (AvgIpc) is 2.45. The molecule has 0 aliphatic heterocycles. The summed E-state index contributed by atoms with van der Waals surface area (Å²) >= 11 is 9.35. The lowest BCUT2D eigenvalue weighted by atomic mass is 10.2. The molecular weight excluding hydrogens is 352 g/mol. The van der Waals surface area contributed by atoms with Crippen molar-refractivity contribution < 1.29 is 4.79 Å². The molecule has 0 aliphatic rings. The van der Waals surface area contributed by atoms with Crippen molar-refractivity contribution in [1.29, 1.82) is 0 Å². The first kappa shape index (κ1) is 15.9. The van der Waals surface area contributed by atoms with Gasteiger partial charge in [-0.25, -0.2) is 4.79 Å². The monoisotopic (exact) mass is 366 g/mol. The van der Waals surface area contributed by atoms with Crippen LogP contribution in [0.4, 0.5) is 4.79 Å². The van der Waals surface area contributed by atoms with Gasteiger partial charge in [0.2, 0.25) is 0 Å². The third-order valence-corrected chi connectivity index (χ3v) is 3.72. The van der Waals surface area contributed by atoms with Gasteiger partial charge in [-0.1, -0.05) is 51.8 Å². The van der Waals surface area contributed by atoms with Crippen molar-refractivity contribution in [2.75, 3.05) is 7.05 Å². The molecule has 0 saturated carbocycles. The number of rotatable bonds is 4. The fraction of sp³-hybridized carbons (Fsp3) is 0.188. The van der Waals surface area contributed by atoms with Gasteiger partial charge >= 0.3 is 6.03 Å². The third-order valence-electron chi connectivity index (χ3n) is 2.99. The zero-order valence-electron chi connectivity index (χ0n) is 11.6. The first-order chi connectivity index (χ1) is 10.0. The van der Waals surface area contributed by atoms with Gasteiger partial charge in [0.25, 0.3) is 0 Å². The van der Waals surface area contributed by atoms with Crippen LogP contribution in [0.1, 0.15) is 11.1 Å². The highest BCUT2D eigenvalue weighted by molar-refractivity contribution is 9.10. The van der Waals surface area contributed by atoms with Gasteiger partial charge < -0.3 is 10.2 Å². The van der Waals surface area contributed by atoms with Gasteiger partial charge in [-0.2, -0.15) is 0 Å². The zero-order valence-corrected chi connectivity index (χ0v) is 14.0. The van der Waals surface area contributed by atoms with E-state index in [-0.39, 0.29) is 6.03 Å². The fourth-order valence-corrected chi connectivity index (χ4v) is 2.60. The minimum atomic E-state index is -0.116. The van der Waals surface area contributed by atoms with E-state index in [1.165, 1.54) is 0 Å². The summed E-state index contributed by atoms with van der Waals surface area (Å²) in [6, 6.07) is 15.2. The fourth-order valence-electron chi connectivity index (χ4n) is 1.94. The smallest absolute Gasteiger partial charge is 0.317 e. The van der Waals surface area contributed by atoms with Crippen LogP contribution in [0, 0.1) is 0 Å². The van der Waals surface area contributed by atoms with Crippen molar-refractivity contribution >= 4 is 33.6 Å². The van der Waals surface area contributed by atoms with Crippen LogP contribution >= 0.6 is 27.5 Å². The van der Waals surface area contributed by atoms with E-state index in [1.54, 1.807) is 11.9 Å². The number of benzene rings is 2. The lowest BCUT2D eigenvalue weighted by Crippen LogP contribution is -2.36. The van der Waals surface area contributed by atoms with E-state index in [4.69, 9.17) is 11.6 Å². The molecule has 1 N–H and O–H groups in total. The normalized spacial score (nSPS) is 10.2. The highest BCUT2D eigenvalue weighted by Gasteiger charge is 2.09. The molecule has 21 heavy (non-hydrogen) atoms. The Hall–Kier alpha value is -1.52. The Balaban J connectivity index is 1.88. The van der Waals surface area contributed by atoms with E-state index in [2.05, 4.69) is 21.2 Å². The van der Waals surface area contributed by atoms with Crippen LogP contribution in [0.25, 0.3) is 0 Å². The molecule has 2 aromatic carbocycles. The van der Waals surface area contributed by atoms with Crippen molar-refractivity contribution in [1.82, 2.24) is 10.2 Å². The molecule has 0 unspecified atom stereocenters. The Labute approximate surface area is 138 Å². The summed E-state index contributed by atoms with van der Waals surface area (Å²) in [4.78, 5) is 13.7. The van der Waals surface area contributed by atoms with Crippen molar-refractivity contribution in [2.45, 2.75) is 13.1 Å². The summed E-state index contributed by atoms with van der Waals surface area (Å²) in [6.07, 6.45) is 0. The second-order valence-electron chi connectivity index (χ2n) is 4.77. The standard InChI is InChI=1S/C16H16BrClN2O/c1-20(11-13-5-3-7-15(18)9-13)16(21)19-10-12-4-2-6-14(17)8-12/h2-9H,10-11H2,1H3,(H,19,21). The van der Waals surface area contributed by atoms with Crippen molar-refractivity contribution in [3.63, 3.8) is 0 Å². The SMILES string of the molecule is CN(Cc1cccc(Cl)c1)C(=O)NCc1cccc(Br)c1. The van der Waals surface area contributed by atoms with Gasteiger partial charge in [0, 0.05) is 29.6 Å². The van der Waals surface area contributed by atoms with Gasteiger partial charge in [0.05, 0.1) is 0 Å². The molecule has 0 spiro atoms. The maximum absolute atomic E-state index is 12.1. The maximum atomic E-state index is 12.1. The highest BCUT2D eigenvalue weighted by Crippen LogP contribution is 2.13. The van der Waals surface area contributed by atoms with E-state index in [0.29, 0.717) is 18.1 Å². The molecule has 0 saturated heterocycles. The maximum Gasteiger partial charge on any atom is 0.317 e.